The van der Waals surface area contributed by atoms with E-state index in [4.69, 9.17) is 16.3 Å². The second-order valence-corrected chi connectivity index (χ2v) is 5.14. The van der Waals surface area contributed by atoms with E-state index in [1.165, 1.54) is 0 Å². The third-order valence-electron chi connectivity index (χ3n) is 2.26. The van der Waals surface area contributed by atoms with Gasteiger partial charge in [0.25, 0.3) is 0 Å². The maximum atomic E-state index is 11.6. The van der Waals surface area contributed by atoms with Gasteiger partial charge in [-0.3, -0.25) is 4.79 Å². The van der Waals surface area contributed by atoms with Crippen LogP contribution in [0.3, 0.4) is 0 Å². The van der Waals surface area contributed by atoms with Crippen molar-refractivity contribution in [2.75, 3.05) is 6.61 Å². The molecule has 0 heterocycles. The molecule has 0 amide bonds. The molecule has 92 valence electrons. The highest BCUT2D eigenvalue weighted by molar-refractivity contribution is 6.33. The number of ether oxygens (including phenoxy) is 1. The molecule has 4 heteroatoms. The minimum atomic E-state index is -0.576. The summed E-state index contributed by atoms with van der Waals surface area (Å²) < 4.78 is 4.92. The van der Waals surface area contributed by atoms with Crippen LogP contribution >= 0.6 is 11.6 Å². The van der Waals surface area contributed by atoms with E-state index in [0.29, 0.717) is 5.02 Å². The first kappa shape index (κ1) is 13.7. The van der Waals surface area contributed by atoms with Gasteiger partial charge in [0.1, 0.15) is 0 Å². The van der Waals surface area contributed by atoms with Gasteiger partial charge >= 0.3 is 5.97 Å². The molecule has 0 aromatic heterocycles. The molecule has 0 aliphatic heterocycles. The number of halogens is 1. The van der Waals surface area contributed by atoms with E-state index in [9.17, 15) is 9.59 Å². The lowest BCUT2D eigenvalue weighted by Gasteiger charge is -2.16. The smallest absolute Gasteiger partial charge is 0.340 e. The Kier molecular flexibility index (Phi) is 4.29. The van der Waals surface area contributed by atoms with Gasteiger partial charge in [-0.05, 0) is 12.1 Å². The molecule has 0 saturated carbocycles. The number of hydrogen-bond donors (Lipinski definition) is 0. The van der Waals surface area contributed by atoms with Crippen LogP contribution in [-0.2, 0) is 9.53 Å². The van der Waals surface area contributed by atoms with Gasteiger partial charge in [0.2, 0.25) is 0 Å². The van der Waals surface area contributed by atoms with Crippen molar-refractivity contribution in [1.82, 2.24) is 0 Å². The zero-order valence-corrected chi connectivity index (χ0v) is 10.9. The molecule has 0 unspecified atom stereocenters. The summed E-state index contributed by atoms with van der Waals surface area (Å²) in [5.74, 6) is -0.703. The van der Waals surface area contributed by atoms with Crippen molar-refractivity contribution < 1.29 is 14.3 Å². The SMILES string of the molecule is CC(C)(C)C(=O)COC(=O)c1ccccc1Cl. The molecule has 0 radical (unpaired) electrons. The van der Waals surface area contributed by atoms with Crippen LogP contribution in [0.1, 0.15) is 31.1 Å². The Bertz CT molecular complexity index is 433. The van der Waals surface area contributed by atoms with E-state index in [-0.39, 0.29) is 18.0 Å². The van der Waals surface area contributed by atoms with Crippen molar-refractivity contribution in [1.29, 1.82) is 0 Å². The summed E-state index contributed by atoms with van der Waals surface area (Å²) in [5.41, 5.74) is -0.239. The first-order valence-electron chi connectivity index (χ1n) is 5.27. The molecule has 17 heavy (non-hydrogen) atoms. The van der Waals surface area contributed by atoms with Crippen LogP contribution in [0.25, 0.3) is 0 Å². The van der Waals surface area contributed by atoms with Gasteiger partial charge in [-0.2, -0.15) is 0 Å². The lowest BCUT2D eigenvalue weighted by molar-refractivity contribution is -0.129. The molecule has 0 atom stereocenters. The first-order valence-corrected chi connectivity index (χ1v) is 5.65. The topological polar surface area (TPSA) is 43.4 Å². The lowest BCUT2D eigenvalue weighted by Crippen LogP contribution is -2.26. The first-order chi connectivity index (χ1) is 7.82. The zero-order chi connectivity index (χ0) is 13.1. The van der Waals surface area contributed by atoms with Crippen LogP contribution in [0, 0.1) is 5.41 Å². The minimum Gasteiger partial charge on any atom is -0.454 e. The fourth-order valence-electron chi connectivity index (χ4n) is 1.05. The number of rotatable bonds is 3. The zero-order valence-electron chi connectivity index (χ0n) is 10.1. The molecule has 1 aromatic carbocycles. The number of carbonyl (C=O) groups excluding carboxylic acids is 2. The van der Waals surface area contributed by atoms with Crippen LogP contribution in [0.5, 0.6) is 0 Å². The standard InChI is InChI=1S/C13H15ClO3/c1-13(2,3)11(15)8-17-12(16)9-6-4-5-7-10(9)14/h4-7H,8H2,1-3H3. The summed E-state index contributed by atoms with van der Waals surface area (Å²) in [6.45, 7) is 5.10. The Labute approximate surface area is 106 Å². The number of Topliss-reactive ketones (excluding diaryl/α,β-unsaturated/α-hetero) is 1. The monoisotopic (exact) mass is 254 g/mol. The van der Waals surface area contributed by atoms with Crippen LogP contribution in [0.4, 0.5) is 0 Å². The normalized spacial score (nSPS) is 11.1. The molecule has 0 aliphatic carbocycles. The van der Waals surface area contributed by atoms with Crippen molar-refractivity contribution in [2.45, 2.75) is 20.8 Å². The second-order valence-electron chi connectivity index (χ2n) is 4.73. The number of hydrogen-bond acceptors (Lipinski definition) is 3. The second kappa shape index (κ2) is 5.32. The Morgan fingerprint density at radius 3 is 2.35 bits per heavy atom. The van der Waals surface area contributed by atoms with Crippen molar-refractivity contribution in [3.63, 3.8) is 0 Å². The Morgan fingerprint density at radius 2 is 1.82 bits per heavy atom. The van der Waals surface area contributed by atoms with E-state index >= 15 is 0 Å². The molecule has 0 fully saturated rings. The quantitative estimate of drug-likeness (QED) is 0.779. The average molecular weight is 255 g/mol. The Hall–Kier alpha value is -1.35. The van der Waals surface area contributed by atoms with Gasteiger partial charge in [0, 0.05) is 5.41 Å². The fourth-order valence-corrected chi connectivity index (χ4v) is 1.26. The highest BCUT2D eigenvalue weighted by atomic mass is 35.5. The number of esters is 1. The van der Waals surface area contributed by atoms with Crippen LogP contribution < -0.4 is 0 Å². The van der Waals surface area contributed by atoms with Gasteiger partial charge in [-0.15, -0.1) is 0 Å². The van der Waals surface area contributed by atoms with E-state index in [1.54, 1.807) is 45.0 Å². The molecule has 0 saturated heterocycles. The summed E-state index contributed by atoms with van der Waals surface area (Å²) in [4.78, 5) is 23.2. The lowest BCUT2D eigenvalue weighted by atomic mass is 9.91. The average Bonchev–Trinajstić information content (AvgIpc) is 2.24. The van der Waals surface area contributed by atoms with E-state index in [0.717, 1.165) is 0 Å². The van der Waals surface area contributed by atoms with Crippen LogP contribution in [0.2, 0.25) is 5.02 Å². The summed E-state index contributed by atoms with van der Waals surface area (Å²) in [5, 5.41) is 0.320. The number of carbonyl (C=O) groups is 2. The molecule has 1 aromatic rings. The molecular weight excluding hydrogens is 240 g/mol. The largest absolute Gasteiger partial charge is 0.454 e. The van der Waals surface area contributed by atoms with E-state index < -0.39 is 11.4 Å². The summed E-state index contributed by atoms with van der Waals surface area (Å²) in [7, 11) is 0. The maximum Gasteiger partial charge on any atom is 0.340 e. The molecular formula is C13H15ClO3. The van der Waals surface area contributed by atoms with E-state index in [1.807, 2.05) is 0 Å². The molecule has 0 bridgehead atoms. The van der Waals surface area contributed by atoms with E-state index in [2.05, 4.69) is 0 Å². The Morgan fingerprint density at radius 1 is 1.24 bits per heavy atom. The number of ketones is 1. The summed E-state index contributed by atoms with van der Waals surface area (Å²) >= 11 is 5.84. The number of benzene rings is 1. The predicted molar refractivity (Wildman–Crippen MR) is 66.2 cm³/mol. The third-order valence-corrected chi connectivity index (χ3v) is 2.59. The maximum absolute atomic E-state index is 11.6. The van der Waals surface area contributed by atoms with Gasteiger partial charge < -0.3 is 4.74 Å². The van der Waals surface area contributed by atoms with Gasteiger partial charge in [-0.25, -0.2) is 4.79 Å². The molecule has 0 aliphatic rings. The van der Waals surface area contributed by atoms with Crippen molar-refractivity contribution in [3.8, 4) is 0 Å². The van der Waals surface area contributed by atoms with Gasteiger partial charge in [0.15, 0.2) is 12.4 Å². The van der Waals surface area contributed by atoms with Gasteiger partial charge in [-0.1, -0.05) is 44.5 Å². The predicted octanol–water partition coefficient (Wildman–Crippen LogP) is 3.11. The van der Waals surface area contributed by atoms with Crippen LogP contribution in [0.15, 0.2) is 24.3 Å². The summed E-state index contributed by atoms with van der Waals surface area (Å²) in [6.07, 6.45) is 0. The van der Waals surface area contributed by atoms with Gasteiger partial charge in [0.05, 0.1) is 10.6 Å². The fraction of sp³-hybridized carbons (Fsp3) is 0.385. The van der Waals surface area contributed by atoms with Crippen molar-refractivity contribution in [2.24, 2.45) is 5.41 Å². The van der Waals surface area contributed by atoms with Crippen molar-refractivity contribution in [3.05, 3.63) is 34.9 Å². The summed E-state index contributed by atoms with van der Waals surface area (Å²) in [6, 6.07) is 6.57. The molecule has 0 spiro atoms. The van der Waals surface area contributed by atoms with Crippen molar-refractivity contribution >= 4 is 23.4 Å². The molecule has 1 rings (SSSR count). The highest BCUT2D eigenvalue weighted by Gasteiger charge is 2.23. The minimum absolute atomic E-state index is 0.127. The van der Waals surface area contributed by atoms with Crippen LogP contribution in [-0.4, -0.2) is 18.4 Å². The molecule has 0 N–H and O–H groups in total. The molecule has 3 nitrogen and oxygen atoms in total. The third kappa shape index (κ3) is 3.86. The highest BCUT2D eigenvalue weighted by Crippen LogP contribution is 2.18. The Balaban J connectivity index is 2.63.